The lowest BCUT2D eigenvalue weighted by molar-refractivity contribution is -0.139. The minimum Gasteiger partial charge on any atom is -0.492 e. The number of rotatable bonds is 13. The van der Waals surface area contributed by atoms with E-state index in [1.54, 1.807) is 55.5 Å². The molecule has 0 saturated heterocycles. The number of carbonyl (C=O) groups excluding carboxylic acids is 2. The quantitative estimate of drug-likeness (QED) is 0.192. The highest BCUT2D eigenvalue weighted by atomic mass is 35.5. The van der Waals surface area contributed by atoms with Crippen LogP contribution in [0, 0.1) is 0 Å². The average Bonchev–Trinajstić information content (AvgIpc) is 3.03. The fraction of sp³-hybridized carbons (Fsp3) is 0.212. The second-order valence-electron chi connectivity index (χ2n) is 9.83. The summed E-state index contributed by atoms with van der Waals surface area (Å²) in [6.07, 6.45) is 0.208. The first-order valence-corrected chi connectivity index (χ1v) is 16.1. The molecular weight excluding hydrogens is 621 g/mol. The zero-order chi connectivity index (χ0) is 31.7. The molecule has 4 aromatic rings. The summed E-state index contributed by atoms with van der Waals surface area (Å²) in [4.78, 5) is 29.1. The molecule has 230 valence electrons. The van der Waals surface area contributed by atoms with E-state index >= 15 is 0 Å². The lowest BCUT2D eigenvalue weighted by Gasteiger charge is -2.34. The van der Waals surface area contributed by atoms with Crippen LogP contribution in [0.4, 0.5) is 5.69 Å². The number of sulfonamides is 1. The van der Waals surface area contributed by atoms with Crippen molar-refractivity contribution >= 4 is 50.7 Å². The number of hydrogen-bond donors (Lipinski definition) is 1. The highest BCUT2D eigenvalue weighted by Crippen LogP contribution is 2.33. The molecule has 0 aromatic heterocycles. The summed E-state index contributed by atoms with van der Waals surface area (Å²) in [5.74, 6) is -0.692. The fourth-order valence-corrected chi connectivity index (χ4v) is 6.37. The summed E-state index contributed by atoms with van der Waals surface area (Å²) in [6.45, 7) is 1.48. The van der Waals surface area contributed by atoms with Crippen LogP contribution in [-0.2, 0) is 32.6 Å². The zero-order valence-corrected chi connectivity index (χ0v) is 26.6. The van der Waals surface area contributed by atoms with Gasteiger partial charge in [-0.25, -0.2) is 8.42 Å². The monoisotopic (exact) mass is 653 g/mol. The van der Waals surface area contributed by atoms with E-state index < -0.39 is 34.4 Å². The van der Waals surface area contributed by atoms with Gasteiger partial charge in [0.25, 0.3) is 10.0 Å². The van der Waals surface area contributed by atoms with Crippen LogP contribution in [0.15, 0.2) is 108 Å². The predicted octanol–water partition coefficient (Wildman–Crippen LogP) is 5.97. The Kier molecular flexibility index (Phi) is 11.3. The maximum atomic E-state index is 14.4. The van der Waals surface area contributed by atoms with Gasteiger partial charge >= 0.3 is 0 Å². The van der Waals surface area contributed by atoms with E-state index in [0.717, 1.165) is 9.87 Å². The Morgan fingerprint density at radius 2 is 1.41 bits per heavy atom. The maximum Gasteiger partial charge on any atom is 0.264 e. The van der Waals surface area contributed by atoms with Gasteiger partial charge in [-0.05, 0) is 66.6 Å². The van der Waals surface area contributed by atoms with Crippen LogP contribution in [0.25, 0.3) is 0 Å². The molecule has 11 heteroatoms. The SMILES string of the molecule is CCOc1ccccc1N(CC(=O)N(Cc1ccc(Cl)cc1)[C@H](Cc1ccccc1)C(=O)NC)S(=O)(=O)c1ccc(Cl)cc1. The van der Waals surface area contributed by atoms with E-state index in [2.05, 4.69) is 5.32 Å². The number of nitrogens with one attached hydrogen (secondary N) is 1. The molecule has 0 unspecified atom stereocenters. The fourth-order valence-electron chi connectivity index (χ4n) is 4.69. The van der Waals surface area contributed by atoms with Crippen molar-refractivity contribution in [3.63, 3.8) is 0 Å². The van der Waals surface area contributed by atoms with Gasteiger partial charge in [0.15, 0.2) is 0 Å². The van der Waals surface area contributed by atoms with Crippen molar-refractivity contribution in [1.29, 1.82) is 0 Å². The summed E-state index contributed by atoms with van der Waals surface area (Å²) in [5.41, 5.74) is 1.73. The smallest absolute Gasteiger partial charge is 0.264 e. The van der Waals surface area contributed by atoms with Crippen LogP contribution in [0.2, 0.25) is 10.0 Å². The largest absolute Gasteiger partial charge is 0.492 e. The van der Waals surface area contributed by atoms with Crippen LogP contribution in [0.1, 0.15) is 18.1 Å². The van der Waals surface area contributed by atoms with E-state index in [4.69, 9.17) is 27.9 Å². The third-order valence-electron chi connectivity index (χ3n) is 6.90. The first-order valence-electron chi connectivity index (χ1n) is 13.9. The van der Waals surface area contributed by atoms with Gasteiger partial charge in [-0.15, -0.1) is 0 Å². The van der Waals surface area contributed by atoms with Crippen molar-refractivity contribution in [3.05, 3.63) is 124 Å². The normalized spacial score (nSPS) is 11.8. The molecule has 1 atom stereocenters. The number of ether oxygens (including phenoxy) is 1. The standard InChI is InChI=1S/C33H33Cl2N3O5S/c1-3-43-31-12-8-7-11-29(31)38(44(41,42)28-19-17-27(35)18-20-28)23-32(39)37(22-25-13-15-26(34)16-14-25)30(33(40)36-2)21-24-9-5-4-6-10-24/h4-20,30H,3,21-23H2,1-2H3,(H,36,40)/t30-/m1/s1. The zero-order valence-electron chi connectivity index (χ0n) is 24.3. The molecule has 0 bridgehead atoms. The number of anilines is 1. The third kappa shape index (κ3) is 8.11. The number of nitrogens with zero attached hydrogens (tertiary/aromatic N) is 2. The predicted molar refractivity (Wildman–Crippen MR) is 174 cm³/mol. The highest BCUT2D eigenvalue weighted by Gasteiger charge is 2.35. The van der Waals surface area contributed by atoms with Crippen molar-refractivity contribution in [2.24, 2.45) is 0 Å². The number of benzene rings is 4. The molecule has 0 aliphatic rings. The molecule has 4 aromatic carbocycles. The first-order chi connectivity index (χ1) is 21.1. The van der Waals surface area contributed by atoms with Gasteiger partial charge in [-0.3, -0.25) is 13.9 Å². The molecule has 2 amide bonds. The second-order valence-corrected chi connectivity index (χ2v) is 12.6. The number of para-hydroxylation sites is 2. The second kappa shape index (κ2) is 15.1. The van der Waals surface area contributed by atoms with E-state index in [0.29, 0.717) is 15.6 Å². The van der Waals surface area contributed by atoms with E-state index in [-0.39, 0.29) is 35.9 Å². The summed E-state index contributed by atoms with van der Waals surface area (Å²) < 4.78 is 35.1. The summed E-state index contributed by atoms with van der Waals surface area (Å²) in [5, 5.41) is 3.55. The number of amides is 2. The maximum absolute atomic E-state index is 14.4. The van der Waals surface area contributed by atoms with E-state index in [1.165, 1.54) is 36.2 Å². The van der Waals surface area contributed by atoms with Crippen LogP contribution in [0.3, 0.4) is 0 Å². The molecule has 0 fully saturated rings. The van der Waals surface area contributed by atoms with Gasteiger partial charge in [-0.1, -0.05) is 77.8 Å². The molecule has 0 heterocycles. The number of hydrogen-bond acceptors (Lipinski definition) is 5. The first kappa shape index (κ1) is 32.9. The highest BCUT2D eigenvalue weighted by molar-refractivity contribution is 7.92. The number of halogens is 2. The van der Waals surface area contributed by atoms with Crippen molar-refractivity contribution in [1.82, 2.24) is 10.2 Å². The van der Waals surface area contributed by atoms with E-state index in [1.807, 2.05) is 30.3 Å². The van der Waals surface area contributed by atoms with Gasteiger partial charge in [0, 0.05) is 30.1 Å². The Labute approximate surface area is 268 Å². The molecular formula is C33H33Cl2N3O5S. The van der Waals surface area contributed by atoms with Crippen molar-refractivity contribution in [3.8, 4) is 5.75 Å². The molecule has 8 nitrogen and oxygen atoms in total. The Hall–Kier alpha value is -4.05. The molecule has 4 rings (SSSR count). The summed E-state index contributed by atoms with van der Waals surface area (Å²) >= 11 is 12.2. The van der Waals surface area contributed by atoms with E-state index in [9.17, 15) is 18.0 Å². The Balaban J connectivity index is 1.82. The molecule has 0 radical (unpaired) electrons. The van der Waals surface area contributed by atoms with Gasteiger partial charge in [0.05, 0.1) is 17.2 Å². The van der Waals surface area contributed by atoms with Gasteiger partial charge in [0.2, 0.25) is 11.8 Å². The van der Waals surface area contributed by atoms with Crippen molar-refractivity contribution in [2.75, 3.05) is 24.5 Å². The van der Waals surface area contributed by atoms with Gasteiger partial charge < -0.3 is 15.0 Å². The van der Waals surface area contributed by atoms with Crippen LogP contribution in [-0.4, -0.2) is 51.4 Å². The van der Waals surface area contributed by atoms with Gasteiger partial charge in [0.1, 0.15) is 18.3 Å². The molecule has 1 N–H and O–H groups in total. The number of carbonyl (C=O) groups is 2. The topological polar surface area (TPSA) is 96.0 Å². The number of likely N-dealkylation sites (N-methyl/N-ethyl adjacent to an activating group) is 1. The Bertz CT molecular complexity index is 1670. The molecule has 0 saturated carbocycles. The minimum atomic E-state index is -4.30. The van der Waals surface area contributed by atoms with Crippen molar-refractivity contribution in [2.45, 2.75) is 30.8 Å². The minimum absolute atomic E-state index is 0.0306. The van der Waals surface area contributed by atoms with Crippen LogP contribution < -0.4 is 14.4 Å². The van der Waals surface area contributed by atoms with Crippen LogP contribution >= 0.6 is 23.2 Å². The third-order valence-corrected chi connectivity index (χ3v) is 9.18. The molecule has 0 aliphatic heterocycles. The summed E-state index contributed by atoms with van der Waals surface area (Å²) in [6, 6.07) is 27.6. The molecule has 44 heavy (non-hydrogen) atoms. The lowest BCUT2D eigenvalue weighted by atomic mass is 10.0. The van der Waals surface area contributed by atoms with Crippen molar-refractivity contribution < 1.29 is 22.7 Å². The molecule has 0 aliphatic carbocycles. The Morgan fingerprint density at radius 1 is 0.818 bits per heavy atom. The molecule has 0 spiro atoms. The van der Waals surface area contributed by atoms with Crippen LogP contribution in [0.5, 0.6) is 5.75 Å². The Morgan fingerprint density at radius 3 is 2.02 bits per heavy atom. The average molecular weight is 655 g/mol. The lowest BCUT2D eigenvalue weighted by Crippen LogP contribution is -2.53. The van der Waals surface area contributed by atoms with Gasteiger partial charge in [-0.2, -0.15) is 0 Å². The summed E-state index contributed by atoms with van der Waals surface area (Å²) in [7, 11) is -2.80.